The van der Waals surface area contributed by atoms with Crippen LogP contribution in [-0.4, -0.2) is 31.2 Å². The summed E-state index contributed by atoms with van der Waals surface area (Å²) in [5.74, 6) is -0.288. The third-order valence-electron chi connectivity index (χ3n) is 4.07. The summed E-state index contributed by atoms with van der Waals surface area (Å²) in [5, 5.41) is 22.9. The minimum Gasteiger partial charge on any atom is -0.392 e. The van der Waals surface area contributed by atoms with Crippen LogP contribution < -0.4 is 5.32 Å². The fourth-order valence-electron chi connectivity index (χ4n) is 2.74. The lowest BCUT2D eigenvalue weighted by molar-refractivity contribution is 0.102. The van der Waals surface area contributed by atoms with Crippen LogP contribution in [0.4, 0.5) is 5.69 Å². The monoisotopic (exact) mass is 399 g/mol. The molecule has 0 bridgehead atoms. The molecule has 1 aromatic carbocycles. The summed E-state index contributed by atoms with van der Waals surface area (Å²) in [6.07, 6.45) is 3.27. The molecule has 0 saturated heterocycles. The molecule has 0 atom stereocenters. The van der Waals surface area contributed by atoms with Gasteiger partial charge in [-0.3, -0.25) is 9.89 Å². The van der Waals surface area contributed by atoms with Gasteiger partial charge >= 0.3 is 0 Å². The Hall–Kier alpha value is -2.81. The van der Waals surface area contributed by atoms with E-state index in [0.29, 0.717) is 16.9 Å². The Morgan fingerprint density at radius 1 is 1.30 bits per heavy atom. The first-order chi connectivity index (χ1) is 13.0. The van der Waals surface area contributed by atoms with Gasteiger partial charge in [-0.2, -0.15) is 5.10 Å². The number of nitrogens with zero attached hydrogens (tertiary/aromatic N) is 3. The van der Waals surface area contributed by atoms with E-state index < -0.39 is 0 Å². The van der Waals surface area contributed by atoms with Crippen molar-refractivity contribution in [2.24, 2.45) is 0 Å². The van der Waals surface area contributed by atoms with Gasteiger partial charge in [0.2, 0.25) is 0 Å². The molecule has 7 nitrogen and oxygen atoms in total. The summed E-state index contributed by atoms with van der Waals surface area (Å²) in [6.45, 7) is 1.64. The third-order valence-corrected chi connectivity index (χ3v) is 5.19. The number of amides is 1. The van der Waals surface area contributed by atoms with Crippen molar-refractivity contribution >= 4 is 45.4 Å². The highest BCUT2D eigenvalue weighted by atomic mass is 35.5. The number of nitrogens with one attached hydrogen (secondary N) is 2. The molecule has 0 aliphatic rings. The Balaban J connectivity index is 1.77. The molecule has 136 valence electrons. The van der Waals surface area contributed by atoms with Crippen molar-refractivity contribution in [2.45, 2.75) is 13.5 Å². The first-order valence-electron chi connectivity index (χ1n) is 8.01. The lowest BCUT2D eigenvalue weighted by Gasteiger charge is -2.10. The van der Waals surface area contributed by atoms with Gasteiger partial charge in [-0.25, -0.2) is 9.97 Å². The molecule has 4 aromatic rings. The zero-order valence-electron chi connectivity index (χ0n) is 14.2. The van der Waals surface area contributed by atoms with Crippen LogP contribution in [0.2, 0.25) is 5.15 Å². The highest BCUT2D eigenvalue weighted by Gasteiger charge is 2.14. The number of fused-ring (bicyclic) bond motifs is 1. The van der Waals surface area contributed by atoms with E-state index in [9.17, 15) is 9.90 Å². The lowest BCUT2D eigenvalue weighted by atomic mass is 10.0. The first kappa shape index (κ1) is 17.6. The SMILES string of the molecule is Cc1nc(C(=O)Nc2cc(-c3cnc(Cl)c(CO)c3)cc3[nH]ncc23)cs1. The number of anilines is 1. The maximum atomic E-state index is 12.5. The normalized spacial score (nSPS) is 11.1. The van der Waals surface area contributed by atoms with Crippen molar-refractivity contribution in [2.75, 3.05) is 5.32 Å². The van der Waals surface area contributed by atoms with E-state index in [1.54, 1.807) is 23.8 Å². The minimum absolute atomic E-state index is 0.210. The third kappa shape index (κ3) is 3.42. The van der Waals surface area contributed by atoms with Gasteiger partial charge in [-0.1, -0.05) is 11.6 Å². The topological polar surface area (TPSA) is 104 Å². The van der Waals surface area contributed by atoms with Crippen LogP contribution in [0.5, 0.6) is 0 Å². The molecule has 0 radical (unpaired) electrons. The summed E-state index contributed by atoms with van der Waals surface area (Å²) in [4.78, 5) is 20.9. The molecule has 3 aromatic heterocycles. The van der Waals surface area contributed by atoms with E-state index in [1.807, 2.05) is 19.1 Å². The van der Waals surface area contributed by atoms with Crippen LogP contribution in [0.15, 0.2) is 36.0 Å². The fraction of sp³-hybridized carbons (Fsp3) is 0.111. The molecule has 3 N–H and O–H groups in total. The maximum absolute atomic E-state index is 12.5. The number of aromatic amines is 1. The van der Waals surface area contributed by atoms with Gasteiger partial charge in [-0.05, 0) is 30.7 Å². The van der Waals surface area contributed by atoms with Gasteiger partial charge in [0.1, 0.15) is 10.8 Å². The maximum Gasteiger partial charge on any atom is 0.275 e. The second-order valence-corrected chi connectivity index (χ2v) is 7.31. The van der Waals surface area contributed by atoms with Crippen LogP contribution >= 0.6 is 22.9 Å². The average molecular weight is 400 g/mol. The van der Waals surface area contributed by atoms with Crippen molar-refractivity contribution in [3.8, 4) is 11.1 Å². The van der Waals surface area contributed by atoms with E-state index in [-0.39, 0.29) is 17.7 Å². The fourth-order valence-corrected chi connectivity index (χ4v) is 3.49. The minimum atomic E-state index is -0.288. The predicted molar refractivity (Wildman–Crippen MR) is 105 cm³/mol. The number of benzene rings is 1. The van der Waals surface area contributed by atoms with Crippen molar-refractivity contribution in [1.82, 2.24) is 20.2 Å². The molecule has 0 fully saturated rings. The molecule has 4 rings (SSSR count). The summed E-state index contributed by atoms with van der Waals surface area (Å²) in [7, 11) is 0. The Morgan fingerprint density at radius 3 is 2.89 bits per heavy atom. The number of aliphatic hydroxyl groups is 1. The highest BCUT2D eigenvalue weighted by molar-refractivity contribution is 7.09. The summed E-state index contributed by atoms with van der Waals surface area (Å²) in [6, 6.07) is 5.50. The number of thiazole rings is 1. The smallest absolute Gasteiger partial charge is 0.275 e. The second kappa shape index (κ2) is 7.07. The zero-order valence-corrected chi connectivity index (χ0v) is 15.7. The number of hydrogen-bond acceptors (Lipinski definition) is 6. The molecular formula is C18H14ClN5O2S. The number of aliphatic hydroxyl groups excluding tert-OH is 1. The Morgan fingerprint density at radius 2 is 2.15 bits per heavy atom. The number of rotatable bonds is 4. The van der Waals surface area contributed by atoms with Crippen molar-refractivity contribution in [1.29, 1.82) is 0 Å². The van der Waals surface area contributed by atoms with Crippen molar-refractivity contribution < 1.29 is 9.90 Å². The van der Waals surface area contributed by atoms with E-state index in [0.717, 1.165) is 27.0 Å². The van der Waals surface area contributed by atoms with Gasteiger partial charge in [0.25, 0.3) is 5.91 Å². The largest absolute Gasteiger partial charge is 0.392 e. The van der Waals surface area contributed by atoms with Crippen LogP contribution in [-0.2, 0) is 6.61 Å². The number of carbonyl (C=O) groups is 1. The van der Waals surface area contributed by atoms with Gasteiger partial charge in [-0.15, -0.1) is 11.3 Å². The molecule has 0 saturated carbocycles. The number of aryl methyl sites for hydroxylation is 1. The Labute approximate surface area is 163 Å². The van der Waals surface area contributed by atoms with Crippen LogP contribution in [0.1, 0.15) is 21.1 Å². The number of pyridine rings is 1. The molecule has 27 heavy (non-hydrogen) atoms. The van der Waals surface area contributed by atoms with E-state index >= 15 is 0 Å². The predicted octanol–water partition coefficient (Wildman–Crippen LogP) is 3.79. The molecular weight excluding hydrogens is 386 g/mol. The Kier molecular flexibility index (Phi) is 4.61. The van der Waals surface area contributed by atoms with Crippen LogP contribution in [0, 0.1) is 6.92 Å². The number of aromatic nitrogens is 4. The van der Waals surface area contributed by atoms with Crippen LogP contribution in [0.25, 0.3) is 22.0 Å². The molecule has 0 aliphatic heterocycles. The van der Waals surface area contributed by atoms with E-state index in [1.165, 1.54) is 11.3 Å². The first-order valence-corrected chi connectivity index (χ1v) is 9.27. The van der Waals surface area contributed by atoms with Gasteiger partial charge in [0.05, 0.1) is 29.0 Å². The van der Waals surface area contributed by atoms with Gasteiger partial charge in [0, 0.05) is 28.1 Å². The van der Waals surface area contributed by atoms with Crippen LogP contribution in [0.3, 0.4) is 0 Å². The zero-order chi connectivity index (χ0) is 19.0. The molecule has 1 amide bonds. The summed E-state index contributed by atoms with van der Waals surface area (Å²) in [5.41, 5.74) is 3.83. The summed E-state index contributed by atoms with van der Waals surface area (Å²) < 4.78 is 0. The number of hydrogen-bond donors (Lipinski definition) is 3. The van der Waals surface area contributed by atoms with Crippen molar-refractivity contribution in [3.05, 3.63) is 57.4 Å². The molecule has 3 heterocycles. The average Bonchev–Trinajstić information content (AvgIpc) is 3.31. The molecule has 0 aliphatic carbocycles. The Bertz CT molecular complexity index is 1150. The molecule has 0 unspecified atom stereocenters. The van der Waals surface area contributed by atoms with Gasteiger partial charge in [0.15, 0.2) is 0 Å². The second-order valence-electron chi connectivity index (χ2n) is 5.89. The van der Waals surface area contributed by atoms with E-state index in [2.05, 4.69) is 25.5 Å². The van der Waals surface area contributed by atoms with Gasteiger partial charge < -0.3 is 10.4 Å². The standard InChI is InChI=1S/C18H14ClN5O2S/c1-9-22-16(8-27-9)18(26)23-14-3-10(4-15-13(14)6-21-24-15)11-2-12(7-25)17(19)20-5-11/h2-6,8,25H,7H2,1H3,(H,21,24)(H,23,26). The lowest BCUT2D eigenvalue weighted by Crippen LogP contribution is -2.12. The quantitative estimate of drug-likeness (QED) is 0.453. The molecule has 9 heteroatoms. The van der Waals surface area contributed by atoms with E-state index in [4.69, 9.17) is 11.6 Å². The number of halogens is 1. The summed E-state index contributed by atoms with van der Waals surface area (Å²) >= 11 is 7.40. The molecule has 0 spiro atoms. The number of carbonyl (C=O) groups excluding carboxylic acids is 1. The number of H-pyrrole nitrogens is 1. The highest BCUT2D eigenvalue weighted by Crippen LogP contribution is 2.31. The van der Waals surface area contributed by atoms with Crippen molar-refractivity contribution in [3.63, 3.8) is 0 Å².